The van der Waals surface area contributed by atoms with Gasteiger partial charge in [0.2, 0.25) is 0 Å². The predicted molar refractivity (Wildman–Crippen MR) is 112 cm³/mol. The first-order valence-corrected chi connectivity index (χ1v) is 10.4. The number of anilines is 1. The molecule has 4 rings (SSSR count). The number of hydrogen-bond acceptors (Lipinski definition) is 4. The van der Waals surface area contributed by atoms with Crippen molar-refractivity contribution < 1.29 is 9.59 Å². The van der Waals surface area contributed by atoms with Crippen LogP contribution >= 0.6 is 0 Å². The second-order valence-corrected chi connectivity index (χ2v) is 8.01. The number of benzene rings is 1. The van der Waals surface area contributed by atoms with E-state index in [1.165, 1.54) is 0 Å². The standard InChI is InChI=1S/C22H29N5O2/c1-4-27-19-11-14-26(21(28)16-7-9-17(10-8-16)24(2)3)15-18(19)20(23-27)22(29)25-12-5-6-13-25/h7-10H,4-6,11-15H2,1-3H3. The zero-order chi connectivity index (χ0) is 20.5. The molecule has 2 aliphatic heterocycles. The topological polar surface area (TPSA) is 61.7 Å². The summed E-state index contributed by atoms with van der Waals surface area (Å²) in [6.07, 6.45) is 2.83. The van der Waals surface area contributed by atoms with Crippen LogP contribution in [0.1, 0.15) is 51.9 Å². The summed E-state index contributed by atoms with van der Waals surface area (Å²) < 4.78 is 1.94. The van der Waals surface area contributed by atoms with Crippen LogP contribution in [0.15, 0.2) is 24.3 Å². The Morgan fingerprint density at radius 2 is 1.69 bits per heavy atom. The maximum Gasteiger partial charge on any atom is 0.274 e. The fraction of sp³-hybridized carbons (Fsp3) is 0.500. The summed E-state index contributed by atoms with van der Waals surface area (Å²) in [5, 5.41) is 4.63. The molecule has 0 N–H and O–H groups in total. The Morgan fingerprint density at radius 3 is 2.31 bits per heavy atom. The number of aryl methyl sites for hydroxylation is 1. The molecule has 1 fully saturated rings. The van der Waals surface area contributed by atoms with Gasteiger partial charge in [0, 0.05) is 69.2 Å². The molecular formula is C22H29N5O2. The van der Waals surface area contributed by atoms with E-state index in [1.54, 1.807) is 0 Å². The maximum absolute atomic E-state index is 13.1. The van der Waals surface area contributed by atoms with Crippen LogP contribution in [0.5, 0.6) is 0 Å². The van der Waals surface area contributed by atoms with Gasteiger partial charge in [-0.2, -0.15) is 5.10 Å². The molecule has 154 valence electrons. The number of likely N-dealkylation sites (tertiary alicyclic amines) is 1. The lowest BCUT2D eigenvalue weighted by atomic mass is 10.0. The summed E-state index contributed by atoms with van der Waals surface area (Å²) in [4.78, 5) is 31.9. The van der Waals surface area contributed by atoms with Crippen LogP contribution in [-0.2, 0) is 19.5 Å². The molecule has 2 aliphatic rings. The molecule has 0 saturated carbocycles. The average Bonchev–Trinajstić information content (AvgIpc) is 3.40. The van der Waals surface area contributed by atoms with Gasteiger partial charge in [-0.1, -0.05) is 0 Å². The molecule has 1 aromatic heterocycles. The molecule has 2 amide bonds. The van der Waals surface area contributed by atoms with Gasteiger partial charge in [0.05, 0.1) is 6.54 Å². The Bertz CT molecular complexity index is 910. The molecule has 0 bridgehead atoms. The van der Waals surface area contributed by atoms with Gasteiger partial charge in [-0.15, -0.1) is 0 Å². The van der Waals surface area contributed by atoms with Gasteiger partial charge in [0.1, 0.15) is 0 Å². The Morgan fingerprint density at radius 1 is 1.00 bits per heavy atom. The van der Waals surface area contributed by atoms with Crippen LogP contribution in [0.2, 0.25) is 0 Å². The minimum Gasteiger partial charge on any atom is -0.378 e. The van der Waals surface area contributed by atoms with Crippen molar-refractivity contribution in [1.29, 1.82) is 0 Å². The molecular weight excluding hydrogens is 366 g/mol. The molecule has 7 nitrogen and oxygen atoms in total. The minimum absolute atomic E-state index is 0.00442. The lowest BCUT2D eigenvalue weighted by molar-refractivity contribution is 0.0722. The van der Waals surface area contributed by atoms with Crippen molar-refractivity contribution in [2.45, 2.75) is 39.3 Å². The first-order chi connectivity index (χ1) is 14.0. The summed E-state index contributed by atoms with van der Waals surface area (Å²) in [6.45, 7) is 5.46. The summed E-state index contributed by atoms with van der Waals surface area (Å²) in [6, 6.07) is 7.66. The van der Waals surface area contributed by atoms with E-state index < -0.39 is 0 Å². The van der Waals surface area contributed by atoms with Crippen molar-refractivity contribution in [1.82, 2.24) is 19.6 Å². The van der Waals surface area contributed by atoms with Gasteiger partial charge >= 0.3 is 0 Å². The third-order valence-electron chi connectivity index (χ3n) is 5.95. The fourth-order valence-corrected chi connectivity index (χ4v) is 4.25. The van der Waals surface area contributed by atoms with E-state index in [-0.39, 0.29) is 11.8 Å². The van der Waals surface area contributed by atoms with Crippen molar-refractivity contribution >= 4 is 17.5 Å². The summed E-state index contributed by atoms with van der Waals surface area (Å²) >= 11 is 0. The van der Waals surface area contributed by atoms with Crippen LogP contribution in [0.25, 0.3) is 0 Å². The number of aromatic nitrogens is 2. The van der Waals surface area contributed by atoms with E-state index in [4.69, 9.17) is 0 Å². The zero-order valence-corrected chi connectivity index (χ0v) is 17.5. The summed E-state index contributed by atoms with van der Waals surface area (Å²) in [5.74, 6) is 0.0142. The quantitative estimate of drug-likeness (QED) is 0.798. The first kappa shape index (κ1) is 19.5. The second kappa shape index (κ2) is 7.89. The number of nitrogens with zero attached hydrogens (tertiary/aromatic N) is 5. The minimum atomic E-state index is 0.00442. The van der Waals surface area contributed by atoms with Gasteiger partial charge in [-0.25, -0.2) is 0 Å². The van der Waals surface area contributed by atoms with Crippen LogP contribution in [0.4, 0.5) is 5.69 Å². The molecule has 0 unspecified atom stereocenters. The van der Waals surface area contributed by atoms with E-state index in [1.807, 2.05) is 64.7 Å². The molecule has 0 aliphatic carbocycles. The monoisotopic (exact) mass is 395 g/mol. The lowest BCUT2D eigenvalue weighted by Crippen LogP contribution is -2.37. The predicted octanol–water partition coefficient (Wildman–Crippen LogP) is 2.40. The van der Waals surface area contributed by atoms with Crippen LogP contribution in [0.3, 0.4) is 0 Å². The van der Waals surface area contributed by atoms with Crippen LogP contribution in [-0.4, -0.2) is 65.1 Å². The smallest absolute Gasteiger partial charge is 0.274 e. The third-order valence-corrected chi connectivity index (χ3v) is 5.95. The molecule has 29 heavy (non-hydrogen) atoms. The lowest BCUT2D eigenvalue weighted by Gasteiger charge is -2.28. The second-order valence-electron chi connectivity index (χ2n) is 8.01. The SMILES string of the molecule is CCn1nc(C(=O)N2CCCC2)c2c1CCN(C(=O)c1ccc(N(C)C)cc1)C2. The van der Waals surface area contributed by atoms with E-state index >= 15 is 0 Å². The molecule has 0 atom stereocenters. The van der Waals surface area contributed by atoms with Crippen LogP contribution < -0.4 is 4.90 Å². The van der Waals surface area contributed by atoms with Crippen molar-refractivity contribution in [2.75, 3.05) is 38.6 Å². The van der Waals surface area contributed by atoms with Gasteiger partial charge in [-0.05, 0) is 44.0 Å². The highest BCUT2D eigenvalue weighted by molar-refractivity contribution is 5.96. The maximum atomic E-state index is 13.1. The molecule has 7 heteroatoms. The van der Waals surface area contributed by atoms with E-state index in [9.17, 15) is 9.59 Å². The highest BCUT2D eigenvalue weighted by Gasteiger charge is 2.32. The van der Waals surface area contributed by atoms with Crippen LogP contribution in [0, 0.1) is 0 Å². The number of rotatable bonds is 4. The number of hydrogen-bond donors (Lipinski definition) is 0. The number of carbonyl (C=O) groups is 2. The Labute approximate surface area is 171 Å². The number of amides is 2. The normalized spacial score (nSPS) is 16.1. The molecule has 0 radical (unpaired) electrons. The first-order valence-electron chi connectivity index (χ1n) is 10.4. The van der Waals surface area contributed by atoms with Crippen molar-refractivity contribution in [3.8, 4) is 0 Å². The highest BCUT2D eigenvalue weighted by atomic mass is 16.2. The highest BCUT2D eigenvalue weighted by Crippen LogP contribution is 2.26. The van der Waals surface area contributed by atoms with E-state index in [2.05, 4.69) is 5.10 Å². The molecule has 1 aromatic carbocycles. The zero-order valence-electron chi connectivity index (χ0n) is 17.5. The Balaban J connectivity index is 1.59. The average molecular weight is 396 g/mol. The number of carbonyl (C=O) groups excluding carboxylic acids is 2. The fourth-order valence-electron chi connectivity index (χ4n) is 4.25. The Hall–Kier alpha value is -2.83. The summed E-state index contributed by atoms with van der Waals surface area (Å²) in [5.41, 5.74) is 4.29. The van der Waals surface area contributed by atoms with Gasteiger partial charge in [-0.3, -0.25) is 14.3 Å². The van der Waals surface area contributed by atoms with Gasteiger partial charge in [0.15, 0.2) is 5.69 Å². The molecule has 1 saturated heterocycles. The summed E-state index contributed by atoms with van der Waals surface area (Å²) in [7, 11) is 3.96. The van der Waals surface area contributed by atoms with E-state index in [0.29, 0.717) is 24.3 Å². The Kier molecular flexibility index (Phi) is 5.30. The number of fused-ring (bicyclic) bond motifs is 1. The largest absolute Gasteiger partial charge is 0.378 e. The third kappa shape index (κ3) is 3.61. The molecule has 0 spiro atoms. The molecule has 2 aromatic rings. The van der Waals surface area contributed by atoms with Crippen molar-refractivity contribution in [3.63, 3.8) is 0 Å². The van der Waals surface area contributed by atoms with Gasteiger partial charge in [0.25, 0.3) is 11.8 Å². The van der Waals surface area contributed by atoms with Crippen molar-refractivity contribution in [2.24, 2.45) is 0 Å². The van der Waals surface area contributed by atoms with Crippen molar-refractivity contribution in [3.05, 3.63) is 46.8 Å². The van der Waals surface area contributed by atoms with Gasteiger partial charge < -0.3 is 14.7 Å². The van der Waals surface area contributed by atoms with E-state index in [0.717, 1.165) is 55.8 Å². The molecule has 3 heterocycles.